The number of carbonyl (C=O) groups excluding carboxylic acids is 1. The summed E-state index contributed by atoms with van der Waals surface area (Å²) in [4.78, 5) is 23.1. The maximum absolute atomic E-state index is 12.2. The molecular formula is C15H11Cl2NO4. The van der Waals surface area contributed by atoms with Crippen LogP contribution in [0.25, 0.3) is 0 Å². The highest BCUT2D eigenvalue weighted by atomic mass is 35.5. The van der Waals surface area contributed by atoms with Gasteiger partial charge in [-0.2, -0.15) is 0 Å². The van der Waals surface area contributed by atoms with Crippen LogP contribution in [0, 0.1) is 0 Å². The molecule has 22 heavy (non-hydrogen) atoms. The Balaban J connectivity index is 2.27. The average Bonchev–Trinajstić information content (AvgIpc) is 2.49. The number of anilines is 1. The van der Waals surface area contributed by atoms with Crippen LogP contribution in [0.3, 0.4) is 0 Å². The number of carboxylic acid groups (broad SMARTS) is 1. The Morgan fingerprint density at radius 2 is 1.73 bits per heavy atom. The molecule has 2 aromatic carbocycles. The number of benzene rings is 2. The van der Waals surface area contributed by atoms with Gasteiger partial charge in [0.1, 0.15) is 5.75 Å². The number of carbonyl (C=O) groups is 2. The van der Waals surface area contributed by atoms with Crippen molar-refractivity contribution in [3.63, 3.8) is 0 Å². The van der Waals surface area contributed by atoms with Crippen molar-refractivity contribution in [3.8, 4) is 5.75 Å². The summed E-state index contributed by atoms with van der Waals surface area (Å²) in [7, 11) is 1.47. The largest absolute Gasteiger partial charge is 0.495 e. The monoisotopic (exact) mass is 339 g/mol. The van der Waals surface area contributed by atoms with Crippen molar-refractivity contribution in [2.45, 2.75) is 0 Å². The minimum Gasteiger partial charge on any atom is -0.495 e. The van der Waals surface area contributed by atoms with Crippen molar-refractivity contribution in [1.29, 1.82) is 0 Å². The molecule has 0 atom stereocenters. The first-order valence-electron chi connectivity index (χ1n) is 6.10. The first-order chi connectivity index (χ1) is 10.4. The van der Waals surface area contributed by atoms with Crippen LogP contribution in [0.5, 0.6) is 5.75 Å². The number of methoxy groups -OCH3 is 1. The maximum Gasteiger partial charge on any atom is 0.335 e. The number of hydrogen-bond donors (Lipinski definition) is 2. The fraction of sp³-hybridized carbons (Fsp3) is 0.0667. The van der Waals surface area contributed by atoms with Crippen LogP contribution in [-0.2, 0) is 0 Å². The van der Waals surface area contributed by atoms with Crippen LogP contribution in [0.2, 0.25) is 10.0 Å². The number of nitrogens with one attached hydrogen (secondary N) is 1. The van der Waals surface area contributed by atoms with Crippen molar-refractivity contribution in [2.75, 3.05) is 12.4 Å². The third-order valence-electron chi connectivity index (χ3n) is 2.88. The van der Waals surface area contributed by atoms with Crippen LogP contribution in [0.4, 0.5) is 5.69 Å². The minimum absolute atomic E-state index is 0.0208. The van der Waals surface area contributed by atoms with Gasteiger partial charge in [-0.15, -0.1) is 0 Å². The van der Waals surface area contributed by atoms with Gasteiger partial charge in [0.25, 0.3) is 5.91 Å². The van der Waals surface area contributed by atoms with Crippen LogP contribution in [-0.4, -0.2) is 24.1 Å². The molecule has 1 amide bonds. The molecule has 0 aliphatic rings. The van der Waals surface area contributed by atoms with Crippen LogP contribution < -0.4 is 10.1 Å². The van der Waals surface area contributed by atoms with E-state index in [1.165, 1.54) is 37.4 Å². The molecule has 5 nitrogen and oxygen atoms in total. The number of aromatic carboxylic acids is 1. The van der Waals surface area contributed by atoms with Gasteiger partial charge in [0.15, 0.2) is 0 Å². The second-order valence-electron chi connectivity index (χ2n) is 4.30. The fourth-order valence-corrected chi connectivity index (χ4v) is 2.18. The van der Waals surface area contributed by atoms with E-state index < -0.39 is 11.9 Å². The smallest absolute Gasteiger partial charge is 0.335 e. The van der Waals surface area contributed by atoms with Crippen molar-refractivity contribution >= 4 is 40.8 Å². The van der Waals surface area contributed by atoms with Gasteiger partial charge in [0.2, 0.25) is 0 Å². The molecule has 0 aliphatic heterocycles. The van der Waals surface area contributed by atoms with E-state index in [4.69, 9.17) is 33.0 Å². The minimum atomic E-state index is -1.11. The van der Waals surface area contributed by atoms with E-state index in [9.17, 15) is 9.59 Å². The summed E-state index contributed by atoms with van der Waals surface area (Å²) in [5, 5.41) is 12.0. The number of hydrogen-bond acceptors (Lipinski definition) is 3. The van der Waals surface area contributed by atoms with Crippen LogP contribution in [0.1, 0.15) is 20.7 Å². The molecule has 0 unspecified atom stereocenters. The lowest BCUT2D eigenvalue weighted by Crippen LogP contribution is -2.13. The van der Waals surface area contributed by atoms with Gasteiger partial charge in [-0.05, 0) is 36.4 Å². The molecule has 7 heteroatoms. The summed E-state index contributed by atoms with van der Waals surface area (Å²) in [6.07, 6.45) is 0. The van der Waals surface area contributed by atoms with Crippen molar-refractivity contribution in [3.05, 3.63) is 57.6 Å². The Hall–Kier alpha value is -2.24. The lowest BCUT2D eigenvalue weighted by molar-refractivity contribution is 0.0696. The molecule has 2 N–H and O–H groups in total. The predicted octanol–water partition coefficient (Wildman–Crippen LogP) is 3.95. The zero-order valence-electron chi connectivity index (χ0n) is 11.4. The predicted molar refractivity (Wildman–Crippen MR) is 84.4 cm³/mol. The molecule has 0 fully saturated rings. The second kappa shape index (κ2) is 6.68. The zero-order chi connectivity index (χ0) is 16.3. The van der Waals surface area contributed by atoms with E-state index in [2.05, 4.69) is 5.32 Å². The normalized spacial score (nSPS) is 10.1. The lowest BCUT2D eigenvalue weighted by atomic mass is 10.1. The van der Waals surface area contributed by atoms with Gasteiger partial charge in [-0.3, -0.25) is 4.79 Å². The summed E-state index contributed by atoms with van der Waals surface area (Å²) in [6, 6.07) is 8.59. The summed E-state index contributed by atoms with van der Waals surface area (Å²) in [6.45, 7) is 0. The molecule has 0 heterocycles. The Morgan fingerprint density at radius 3 is 2.32 bits per heavy atom. The van der Waals surface area contributed by atoms with E-state index >= 15 is 0 Å². The second-order valence-corrected chi connectivity index (χ2v) is 5.12. The average molecular weight is 340 g/mol. The standard InChI is InChI=1S/C15H11Cl2NO4/c1-22-13-5-3-8(6-11(13)17)14(19)18-12-7-9(15(20)21)2-4-10(12)16/h2-7H,1H3,(H,18,19)(H,20,21). The number of ether oxygens (including phenoxy) is 1. The van der Waals surface area contributed by atoms with Gasteiger partial charge in [-0.1, -0.05) is 23.2 Å². The van der Waals surface area contributed by atoms with Crippen molar-refractivity contribution in [2.24, 2.45) is 0 Å². The van der Waals surface area contributed by atoms with Gasteiger partial charge in [-0.25, -0.2) is 4.79 Å². The number of carboxylic acids is 1. The molecule has 0 saturated carbocycles. The first kappa shape index (κ1) is 16.1. The highest BCUT2D eigenvalue weighted by Gasteiger charge is 2.13. The van der Waals surface area contributed by atoms with E-state index in [0.29, 0.717) is 16.3 Å². The molecular weight excluding hydrogens is 329 g/mol. The summed E-state index contributed by atoms with van der Waals surface area (Å²) in [5.41, 5.74) is 0.522. The molecule has 0 saturated heterocycles. The van der Waals surface area contributed by atoms with Gasteiger partial charge >= 0.3 is 5.97 Å². The summed E-state index contributed by atoms with van der Waals surface area (Å²) < 4.78 is 5.01. The topological polar surface area (TPSA) is 75.6 Å². The summed E-state index contributed by atoms with van der Waals surface area (Å²) >= 11 is 11.9. The highest BCUT2D eigenvalue weighted by molar-refractivity contribution is 6.34. The first-order valence-corrected chi connectivity index (χ1v) is 6.85. The molecule has 0 aromatic heterocycles. The Bertz CT molecular complexity index is 746. The van der Waals surface area contributed by atoms with Gasteiger partial charge in [0.05, 0.1) is 28.4 Å². The summed E-state index contributed by atoms with van der Waals surface area (Å²) in [5.74, 6) is -1.13. The van der Waals surface area contributed by atoms with Crippen LogP contribution in [0.15, 0.2) is 36.4 Å². The quantitative estimate of drug-likeness (QED) is 0.884. The Kier molecular flexibility index (Phi) is 4.90. The van der Waals surface area contributed by atoms with E-state index in [1.807, 2.05) is 0 Å². The Morgan fingerprint density at radius 1 is 1.05 bits per heavy atom. The Labute approximate surface area is 136 Å². The van der Waals surface area contributed by atoms with Crippen molar-refractivity contribution < 1.29 is 19.4 Å². The third-order valence-corrected chi connectivity index (χ3v) is 3.50. The highest BCUT2D eigenvalue weighted by Crippen LogP contribution is 2.27. The lowest BCUT2D eigenvalue weighted by Gasteiger charge is -2.09. The number of halogens is 2. The van der Waals surface area contributed by atoms with E-state index in [0.717, 1.165) is 0 Å². The SMILES string of the molecule is COc1ccc(C(=O)Nc2cc(C(=O)O)ccc2Cl)cc1Cl. The van der Waals surface area contributed by atoms with Gasteiger partial charge in [0, 0.05) is 5.56 Å². The molecule has 0 radical (unpaired) electrons. The molecule has 2 rings (SSSR count). The van der Waals surface area contributed by atoms with Crippen molar-refractivity contribution in [1.82, 2.24) is 0 Å². The van der Waals surface area contributed by atoms with Gasteiger partial charge < -0.3 is 15.2 Å². The molecule has 114 valence electrons. The number of rotatable bonds is 4. The number of amides is 1. The molecule has 2 aromatic rings. The third kappa shape index (κ3) is 3.50. The maximum atomic E-state index is 12.2. The fourth-order valence-electron chi connectivity index (χ4n) is 1.76. The van der Waals surface area contributed by atoms with E-state index in [1.54, 1.807) is 6.07 Å². The van der Waals surface area contributed by atoms with E-state index in [-0.39, 0.29) is 16.3 Å². The zero-order valence-corrected chi connectivity index (χ0v) is 12.9. The molecule has 0 aliphatic carbocycles. The molecule has 0 bridgehead atoms. The van der Waals surface area contributed by atoms with Crippen LogP contribution >= 0.6 is 23.2 Å². The molecule has 0 spiro atoms.